The van der Waals surface area contributed by atoms with E-state index >= 15 is 0 Å². The quantitative estimate of drug-likeness (QED) is 0.535. The molecule has 0 aromatic rings. The maximum Gasteiger partial charge on any atom is 0.321 e. The Morgan fingerprint density at radius 3 is 2.45 bits per heavy atom. The summed E-state index contributed by atoms with van der Waals surface area (Å²) in [5.41, 5.74) is 0. The minimum absolute atomic E-state index is 0.139. The maximum absolute atomic E-state index is 10.8. The van der Waals surface area contributed by atoms with Crippen molar-refractivity contribution < 1.29 is 14.3 Å². The minimum Gasteiger partial charge on any atom is -0.468 e. The number of hydrogen-bond acceptors (Lipinski definition) is 3. The molecule has 3 nitrogen and oxygen atoms in total. The second-order valence-electron chi connectivity index (χ2n) is 2.37. The zero-order chi connectivity index (χ0) is 8.85. The molecule has 0 radical (unpaired) electrons. The third-order valence-electron chi connectivity index (χ3n) is 1.03. The minimum atomic E-state index is -0.352. The Kier molecular flexibility index (Phi) is 5.50. The molecule has 0 aliphatic heterocycles. The van der Waals surface area contributed by atoms with Crippen molar-refractivity contribution in [1.82, 2.24) is 0 Å². The van der Waals surface area contributed by atoms with Crippen LogP contribution in [-0.2, 0) is 14.3 Å². The summed E-state index contributed by atoms with van der Waals surface area (Å²) in [7, 11) is 1.35. The number of alkyl halides is 1. The first kappa shape index (κ1) is 10.9. The second-order valence-corrected chi connectivity index (χ2v) is 3.48. The van der Waals surface area contributed by atoms with Gasteiger partial charge in [0.2, 0.25) is 0 Å². The molecule has 0 aromatic carbocycles. The zero-order valence-electron chi connectivity index (χ0n) is 6.96. The summed E-state index contributed by atoms with van der Waals surface area (Å²) in [4.78, 5) is 10.4. The Morgan fingerprint density at radius 2 is 2.09 bits per heavy atom. The summed E-state index contributed by atoms with van der Waals surface area (Å²) in [5, 5.41) is 0. The highest BCUT2D eigenvalue weighted by molar-refractivity contribution is 9.10. The monoisotopic (exact) mass is 224 g/mol. The predicted octanol–water partition coefficient (Wildman–Crippen LogP) is 1.35. The van der Waals surface area contributed by atoms with Crippen molar-refractivity contribution in [3.05, 3.63) is 0 Å². The van der Waals surface area contributed by atoms with Crippen molar-refractivity contribution in [2.45, 2.75) is 24.8 Å². The Morgan fingerprint density at radius 1 is 1.55 bits per heavy atom. The van der Waals surface area contributed by atoms with E-state index in [0.29, 0.717) is 6.61 Å². The van der Waals surface area contributed by atoms with Crippen LogP contribution in [0, 0.1) is 0 Å². The molecule has 1 unspecified atom stereocenters. The van der Waals surface area contributed by atoms with Crippen molar-refractivity contribution in [2.24, 2.45) is 0 Å². The van der Waals surface area contributed by atoms with Crippen molar-refractivity contribution in [2.75, 3.05) is 13.7 Å². The number of ether oxygens (including phenoxy) is 2. The van der Waals surface area contributed by atoms with E-state index in [0.717, 1.165) is 0 Å². The molecular weight excluding hydrogens is 212 g/mol. The van der Waals surface area contributed by atoms with Gasteiger partial charge in [0, 0.05) is 0 Å². The SMILES string of the molecule is COC(=O)C(Br)COC(C)C. The van der Waals surface area contributed by atoms with E-state index in [4.69, 9.17) is 4.74 Å². The maximum atomic E-state index is 10.8. The normalized spacial score (nSPS) is 13.2. The molecule has 0 saturated heterocycles. The van der Waals surface area contributed by atoms with Crippen molar-refractivity contribution >= 4 is 21.9 Å². The molecule has 0 aliphatic carbocycles. The fraction of sp³-hybridized carbons (Fsp3) is 0.857. The van der Waals surface area contributed by atoms with Crippen LogP contribution in [0.2, 0.25) is 0 Å². The van der Waals surface area contributed by atoms with Crippen LogP contribution in [-0.4, -0.2) is 30.6 Å². The lowest BCUT2D eigenvalue weighted by Gasteiger charge is -2.10. The summed E-state index contributed by atoms with van der Waals surface area (Å²) in [6.45, 7) is 4.18. The number of carbonyl (C=O) groups excluding carboxylic acids is 1. The molecule has 0 heterocycles. The van der Waals surface area contributed by atoms with Gasteiger partial charge in [0.1, 0.15) is 4.83 Å². The standard InChI is InChI=1S/C7H13BrO3/c1-5(2)11-4-6(8)7(9)10-3/h5-6H,4H2,1-3H3. The summed E-state index contributed by atoms with van der Waals surface area (Å²) in [6, 6.07) is 0. The summed E-state index contributed by atoms with van der Waals surface area (Å²) >= 11 is 3.13. The number of methoxy groups -OCH3 is 1. The molecule has 66 valence electrons. The molecule has 0 rings (SSSR count). The average molecular weight is 225 g/mol. The molecule has 1 atom stereocenters. The molecule has 11 heavy (non-hydrogen) atoms. The third kappa shape index (κ3) is 5.21. The van der Waals surface area contributed by atoms with Crippen LogP contribution >= 0.6 is 15.9 Å². The predicted molar refractivity (Wildman–Crippen MR) is 45.8 cm³/mol. The molecule has 0 N–H and O–H groups in total. The molecule has 0 fully saturated rings. The van der Waals surface area contributed by atoms with Crippen LogP contribution in [0.4, 0.5) is 0 Å². The van der Waals surface area contributed by atoms with Crippen LogP contribution in [0.5, 0.6) is 0 Å². The fourth-order valence-corrected chi connectivity index (χ4v) is 0.812. The lowest BCUT2D eigenvalue weighted by molar-refractivity contribution is -0.141. The van der Waals surface area contributed by atoms with E-state index in [-0.39, 0.29) is 16.9 Å². The smallest absolute Gasteiger partial charge is 0.321 e. The van der Waals surface area contributed by atoms with Crippen LogP contribution in [0.1, 0.15) is 13.8 Å². The summed E-state index contributed by atoms with van der Waals surface area (Å²) in [5.74, 6) is -0.300. The van der Waals surface area contributed by atoms with E-state index in [9.17, 15) is 4.79 Å². The van der Waals surface area contributed by atoms with Gasteiger partial charge in [-0.05, 0) is 13.8 Å². The Labute approximate surface area is 75.2 Å². The summed E-state index contributed by atoms with van der Waals surface area (Å²) < 4.78 is 9.66. The van der Waals surface area contributed by atoms with Gasteiger partial charge in [0.25, 0.3) is 0 Å². The van der Waals surface area contributed by atoms with Gasteiger partial charge < -0.3 is 9.47 Å². The van der Waals surface area contributed by atoms with Gasteiger partial charge in [-0.1, -0.05) is 15.9 Å². The Hall–Kier alpha value is -0.0900. The topological polar surface area (TPSA) is 35.5 Å². The second kappa shape index (κ2) is 5.55. The molecule has 0 spiro atoms. The molecule has 0 amide bonds. The van der Waals surface area contributed by atoms with Crippen molar-refractivity contribution in [3.8, 4) is 0 Å². The highest BCUT2D eigenvalue weighted by Gasteiger charge is 2.15. The average Bonchev–Trinajstić information content (AvgIpc) is 1.98. The van der Waals surface area contributed by atoms with Gasteiger partial charge in [0.05, 0.1) is 19.8 Å². The van der Waals surface area contributed by atoms with E-state index in [1.54, 1.807) is 0 Å². The largest absolute Gasteiger partial charge is 0.468 e. The lowest BCUT2D eigenvalue weighted by atomic mass is 10.4. The number of esters is 1. The van der Waals surface area contributed by atoms with Crippen LogP contribution in [0.3, 0.4) is 0 Å². The Bertz CT molecular complexity index is 125. The van der Waals surface area contributed by atoms with Crippen LogP contribution in [0.25, 0.3) is 0 Å². The van der Waals surface area contributed by atoms with Gasteiger partial charge >= 0.3 is 5.97 Å². The van der Waals surface area contributed by atoms with Gasteiger partial charge in [0.15, 0.2) is 0 Å². The molecule has 4 heteroatoms. The fourth-order valence-electron chi connectivity index (χ4n) is 0.473. The molecule has 0 bridgehead atoms. The van der Waals surface area contributed by atoms with Gasteiger partial charge in [-0.15, -0.1) is 0 Å². The zero-order valence-corrected chi connectivity index (χ0v) is 8.55. The number of carbonyl (C=O) groups is 1. The van der Waals surface area contributed by atoms with E-state index in [2.05, 4.69) is 20.7 Å². The first-order valence-corrected chi connectivity index (χ1v) is 4.33. The van der Waals surface area contributed by atoms with Crippen molar-refractivity contribution in [1.29, 1.82) is 0 Å². The lowest BCUT2D eigenvalue weighted by Crippen LogP contribution is -2.23. The van der Waals surface area contributed by atoms with Gasteiger partial charge in [-0.2, -0.15) is 0 Å². The van der Waals surface area contributed by atoms with E-state index in [1.165, 1.54) is 7.11 Å². The molecule has 0 saturated carbocycles. The highest BCUT2D eigenvalue weighted by atomic mass is 79.9. The molecule has 0 aromatic heterocycles. The first-order chi connectivity index (χ1) is 5.07. The Balaban J connectivity index is 3.52. The molecule has 0 aliphatic rings. The van der Waals surface area contributed by atoms with Crippen LogP contribution < -0.4 is 0 Å². The first-order valence-electron chi connectivity index (χ1n) is 3.41. The van der Waals surface area contributed by atoms with Gasteiger partial charge in [-0.3, -0.25) is 4.79 Å². The van der Waals surface area contributed by atoms with Crippen molar-refractivity contribution in [3.63, 3.8) is 0 Å². The van der Waals surface area contributed by atoms with E-state index in [1.807, 2.05) is 13.8 Å². The number of hydrogen-bond donors (Lipinski definition) is 0. The highest BCUT2D eigenvalue weighted by Crippen LogP contribution is 2.03. The van der Waals surface area contributed by atoms with Crippen LogP contribution in [0.15, 0.2) is 0 Å². The third-order valence-corrected chi connectivity index (χ3v) is 1.67. The number of rotatable bonds is 4. The van der Waals surface area contributed by atoms with E-state index < -0.39 is 0 Å². The van der Waals surface area contributed by atoms with Gasteiger partial charge in [-0.25, -0.2) is 0 Å². The summed E-state index contributed by atoms with van der Waals surface area (Å²) in [6.07, 6.45) is 0.139. The molecular formula is C7H13BrO3. The number of halogens is 1.